The van der Waals surface area contributed by atoms with E-state index in [-0.39, 0.29) is 5.91 Å². The summed E-state index contributed by atoms with van der Waals surface area (Å²) in [6, 6.07) is 7.24. The summed E-state index contributed by atoms with van der Waals surface area (Å²) < 4.78 is 1.53. The first-order valence-electron chi connectivity index (χ1n) is 5.94. The minimum Gasteiger partial charge on any atom is -0.352 e. The highest BCUT2D eigenvalue weighted by Crippen LogP contribution is 2.27. The molecule has 6 heteroatoms. The van der Waals surface area contributed by atoms with Crippen LogP contribution in [0.5, 0.6) is 0 Å². The van der Waals surface area contributed by atoms with E-state index in [0.29, 0.717) is 11.5 Å². The maximum absolute atomic E-state index is 11.9. The first-order valence-corrected chi connectivity index (χ1v) is 5.94. The van der Waals surface area contributed by atoms with Gasteiger partial charge in [-0.1, -0.05) is 6.07 Å². The van der Waals surface area contributed by atoms with Crippen LogP contribution in [0.2, 0.25) is 0 Å². The molecule has 1 heterocycles. The highest BCUT2D eigenvalue weighted by molar-refractivity contribution is 5.94. The van der Waals surface area contributed by atoms with Crippen LogP contribution in [0, 0.1) is 5.92 Å². The Balaban J connectivity index is 1.75. The Labute approximate surface area is 104 Å². The summed E-state index contributed by atoms with van der Waals surface area (Å²) in [5.74, 6) is 0.633. The van der Waals surface area contributed by atoms with Gasteiger partial charge in [0.15, 0.2) is 0 Å². The van der Waals surface area contributed by atoms with Crippen LogP contribution in [0.4, 0.5) is 0 Å². The molecule has 0 aliphatic heterocycles. The minimum atomic E-state index is -0.0446. The fourth-order valence-electron chi connectivity index (χ4n) is 1.73. The lowest BCUT2D eigenvalue weighted by Gasteiger charge is -2.05. The normalized spacial score (nSPS) is 14.4. The Kier molecular flexibility index (Phi) is 2.76. The molecule has 1 saturated carbocycles. The number of aromatic nitrogens is 4. The average molecular weight is 243 g/mol. The number of hydrogen-bond donors (Lipinski definition) is 1. The van der Waals surface area contributed by atoms with Crippen molar-refractivity contribution in [3.63, 3.8) is 0 Å². The second-order valence-corrected chi connectivity index (χ2v) is 4.46. The van der Waals surface area contributed by atoms with E-state index < -0.39 is 0 Å². The third-order valence-corrected chi connectivity index (χ3v) is 2.97. The fraction of sp³-hybridized carbons (Fsp3) is 0.333. The van der Waals surface area contributed by atoms with Crippen molar-refractivity contribution in [2.45, 2.75) is 12.8 Å². The number of carbonyl (C=O) groups excluding carboxylic acids is 1. The fourth-order valence-corrected chi connectivity index (χ4v) is 1.73. The second-order valence-electron chi connectivity index (χ2n) is 4.46. The molecule has 0 spiro atoms. The van der Waals surface area contributed by atoms with E-state index in [0.717, 1.165) is 12.2 Å². The molecule has 1 aliphatic rings. The van der Waals surface area contributed by atoms with Crippen molar-refractivity contribution in [1.29, 1.82) is 0 Å². The molecule has 0 radical (unpaired) electrons. The summed E-state index contributed by atoms with van der Waals surface area (Å²) >= 11 is 0. The summed E-state index contributed by atoms with van der Waals surface area (Å²) in [5, 5.41) is 13.9. The first kappa shape index (κ1) is 10.9. The van der Waals surface area contributed by atoms with Gasteiger partial charge in [0.2, 0.25) is 0 Å². The minimum absolute atomic E-state index is 0.0446. The highest BCUT2D eigenvalue weighted by atomic mass is 16.1. The number of nitrogens with one attached hydrogen (secondary N) is 1. The molecule has 3 rings (SSSR count). The van der Waals surface area contributed by atoms with Crippen LogP contribution in [0.1, 0.15) is 23.2 Å². The molecule has 0 saturated heterocycles. The van der Waals surface area contributed by atoms with Gasteiger partial charge < -0.3 is 5.32 Å². The standard InChI is InChI=1S/C12H13N5O/c18-12(13-7-9-4-5-9)10-2-1-3-11(6-10)17-8-14-15-16-17/h1-3,6,8-9H,4-5,7H2,(H,13,18). The number of carbonyl (C=O) groups is 1. The first-order chi connectivity index (χ1) is 8.83. The maximum Gasteiger partial charge on any atom is 0.251 e. The van der Waals surface area contributed by atoms with Gasteiger partial charge in [-0.25, -0.2) is 4.68 Å². The zero-order valence-electron chi connectivity index (χ0n) is 9.78. The molecule has 1 N–H and O–H groups in total. The summed E-state index contributed by atoms with van der Waals surface area (Å²) in [7, 11) is 0. The van der Waals surface area contributed by atoms with Crippen molar-refractivity contribution in [1.82, 2.24) is 25.5 Å². The lowest BCUT2D eigenvalue weighted by atomic mass is 10.2. The Morgan fingerprint density at radius 3 is 3.06 bits per heavy atom. The zero-order valence-corrected chi connectivity index (χ0v) is 9.78. The van der Waals surface area contributed by atoms with Crippen molar-refractivity contribution >= 4 is 5.91 Å². The van der Waals surface area contributed by atoms with Crippen LogP contribution in [-0.4, -0.2) is 32.7 Å². The Morgan fingerprint density at radius 1 is 1.44 bits per heavy atom. The van der Waals surface area contributed by atoms with E-state index >= 15 is 0 Å². The second kappa shape index (κ2) is 4.56. The summed E-state index contributed by atoms with van der Waals surface area (Å²) in [6.45, 7) is 0.772. The van der Waals surface area contributed by atoms with E-state index in [1.807, 2.05) is 12.1 Å². The number of tetrazole rings is 1. The molecule has 0 unspecified atom stereocenters. The van der Waals surface area contributed by atoms with Gasteiger partial charge in [-0.3, -0.25) is 4.79 Å². The molecule has 1 fully saturated rings. The smallest absolute Gasteiger partial charge is 0.251 e. The van der Waals surface area contributed by atoms with E-state index in [2.05, 4.69) is 20.8 Å². The molecule has 0 bridgehead atoms. The molecular weight excluding hydrogens is 230 g/mol. The number of benzene rings is 1. The lowest BCUT2D eigenvalue weighted by molar-refractivity contribution is 0.0952. The van der Waals surface area contributed by atoms with Gasteiger partial charge in [-0.15, -0.1) is 5.10 Å². The van der Waals surface area contributed by atoms with Crippen LogP contribution in [0.3, 0.4) is 0 Å². The van der Waals surface area contributed by atoms with Gasteiger partial charge in [0, 0.05) is 12.1 Å². The molecule has 2 aromatic rings. The van der Waals surface area contributed by atoms with Crippen molar-refractivity contribution in [3.8, 4) is 5.69 Å². The van der Waals surface area contributed by atoms with Gasteiger partial charge >= 0.3 is 0 Å². The van der Waals surface area contributed by atoms with Crippen molar-refractivity contribution in [3.05, 3.63) is 36.2 Å². The summed E-state index contributed by atoms with van der Waals surface area (Å²) in [5.41, 5.74) is 1.41. The van der Waals surface area contributed by atoms with Crippen LogP contribution in [-0.2, 0) is 0 Å². The van der Waals surface area contributed by atoms with E-state index in [1.165, 1.54) is 23.9 Å². The summed E-state index contributed by atoms with van der Waals surface area (Å²) in [6.07, 6.45) is 3.96. The highest BCUT2D eigenvalue weighted by Gasteiger charge is 2.21. The Hall–Kier alpha value is -2.24. The quantitative estimate of drug-likeness (QED) is 0.862. The lowest BCUT2D eigenvalue weighted by Crippen LogP contribution is -2.25. The zero-order chi connectivity index (χ0) is 12.4. The summed E-state index contributed by atoms with van der Waals surface area (Å²) in [4.78, 5) is 11.9. The Bertz CT molecular complexity index is 547. The van der Waals surface area contributed by atoms with Gasteiger partial charge in [-0.2, -0.15) is 0 Å². The van der Waals surface area contributed by atoms with Crippen molar-refractivity contribution in [2.24, 2.45) is 5.92 Å². The number of amides is 1. The topological polar surface area (TPSA) is 72.7 Å². The van der Waals surface area contributed by atoms with Crippen LogP contribution in [0.25, 0.3) is 5.69 Å². The number of nitrogens with zero attached hydrogens (tertiary/aromatic N) is 4. The van der Waals surface area contributed by atoms with Gasteiger partial charge in [0.25, 0.3) is 5.91 Å². The maximum atomic E-state index is 11.9. The van der Waals surface area contributed by atoms with E-state index in [1.54, 1.807) is 12.1 Å². The van der Waals surface area contributed by atoms with Crippen molar-refractivity contribution < 1.29 is 4.79 Å². The van der Waals surface area contributed by atoms with E-state index in [4.69, 9.17) is 0 Å². The van der Waals surface area contributed by atoms with Gasteiger partial charge in [-0.05, 0) is 47.4 Å². The van der Waals surface area contributed by atoms with Crippen LogP contribution in [0.15, 0.2) is 30.6 Å². The van der Waals surface area contributed by atoms with Gasteiger partial charge in [0.05, 0.1) is 5.69 Å². The molecule has 1 aromatic heterocycles. The molecule has 92 valence electrons. The molecular formula is C12H13N5O. The van der Waals surface area contributed by atoms with Gasteiger partial charge in [0.1, 0.15) is 6.33 Å². The Morgan fingerprint density at radius 2 is 2.33 bits per heavy atom. The molecule has 1 aliphatic carbocycles. The molecule has 6 nitrogen and oxygen atoms in total. The largest absolute Gasteiger partial charge is 0.352 e. The van der Waals surface area contributed by atoms with Crippen LogP contribution < -0.4 is 5.32 Å². The number of rotatable bonds is 4. The third-order valence-electron chi connectivity index (χ3n) is 2.97. The molecule has 0 atom stereocenters. The van der Waals surface area contributed by atoms with Crippen LogP contribution >= 0.6 is 0 Å². The third kappa shape index (κ3) is 2.37. The molecule has 18 heavy (non-hydrogen) atoms. The average Bonchev–Trinajstić information content (AvgIpc) is 3.08. The van der Waals surface area contributed by atoms with E-state index in [9.17, 15) is 4.79 Å². The van der Waals surface area contributed by atoms with Crippen molar-refractivity contribution in [2.75, 3.05) is 6.54 Å². The SMILES string of the molecule is O=C(NCC1CC1)c1cccc(-n2cnnn2)c1. The molecule has 1 aromatic carbocycles. The predicted octanol–water partition coefficient (Wildman–Crippen LogP) is 0.802. The monoisotopic (exact) mass is 243 g/mol. The molecule has 1 amide bonds. The number of hydrogen-bond acceptors (Lipinski definition) is 4. The predicted molar refractivity (Wildman–Crippen MR) is 64.2 cm³/mol.